The van der Waals surface area contributed by atoms with Gasteiger partial charge in [0.1, 0.15) is 0 Å². The van der Waals surface area contributed by atoms with Gasteiger partial charge in [0.05, 0.1) is 0 Å². The Kier molecular flexibility index (Phi) is 4.37. The van der Waals surface area contributed by atoms with Crippen LogP contribution in [0.25, 0.3) is 32.6 Å². The number of benzene rings is 4. The van der Waals surface area contributed by atoms with Gasteiger partial charge in [-0.2, -0.15) is 0 Å². The van der Waals surface area contributed by atoms with Crippen molar-refractivity contribution in [3.8, 4) is 0 Å². The van der Waals surface area contributed by atoms with Gasteiger partial charge in [0.2, 0.25) is 0 Å². The third kappa shape index (κ3) is 2.88. The first kappa shape index (κ1) is 17.1. The molecule has 0 saturated heterocycles. The maximum absolute atomic E-state index is 2.42. The molecule has 0 fully saturated rings. The highest BCUT2D eigenvalue weighted by Gasteiger charge is 2.09. The molecule has 0 aliphatic heterocycles. The highest BCUT2D eigenvalue weighted by molar-refractivity contribution is 6.08. The molecule has 0 N–H and O–H groups in total. The van der Waals surface area contributed by atoms with Gasteiger partial charge in [-0.3, -0.25) is 0 Å². The second-order valence-electron chi connectivity index (χ2n) is 7.60. The third-order valence-corrected chi connectivity index (χ3v) is 5.94. The summed E-state index contributed by atoms with van der Waals surface area (Å²) >= 11 is 0. The lowest BCUT2D eigenvalue weighted by Gasteiger charge is -2.07. The van der Waals surface area contributed by atoms with Crippen molar-refractivity contribution in [3.05, 3.63) is 96.1 Å². The summed E-state index contributed by atoms with van der Waals surface area (Å²) in [5.41, 5.74) is 5.59. The summed E-state index contributed by atoms with van der Waals surface area (Å²) in [5, 5.41) is 5.50. The largest absolute Gasteiger partial charge is 0.341 e. The van der Waals surface area contributed by atoms with Crippen molar-refractivity contribution in [1.82, 2.24) is 4.57 Å². The molecule has 4 aromatic carbocycles. The van der Waals surface area contributed by atoms with Crippen LogP contribution in [0.4, 0.5) is 0 Å². The first-order chi connectivity index (χ1) is 13.8. The summed E-state index contributed by atoms with van der Waals surface area (Å²) < 4.78 is 2.42. The van der Waals surface area contributed by atoms with E-state index in [0.29, 0.717) is 0 Å². The SMILES string of the molecule is CCn1c2ccccc2c2cc(CCCc3cccc4ccccc34)ccc21. The Morgan fingerprint density at radius 3 is 2.29 bits per heavy atom. The predicted octanol–water partition coefficient (Wildman–Crippen LogP) is 7.14. The van der Waals surface area contributed by atoms with Crippen LogP contribution in [0.3, 0.4) is 0 Å². The van der Waals surface area contributed by atoms with Crippen LogP contribution in [0, 0.1) is 0 Å². The van der Waals surface area contributed by atoms with Crippen LogP contribution in [0.15, 0.2) is 84.9 Å². The van der Waals surface area contributed by atoms with Gasteiger partial charge in [0.25, 0.3) is 0 Å². The van der Waals surface area contributed by atoms with E-state index in [0.717, 1.165) is 19.4 Å². The highest BCUT2D eigenvalue weighted by atomic mass is 15.0. The van der Waals surface area contributed by atoms with Crippen molar-refractivity contribution in [1.29, 1.82) is 0 Å². The lowest BCUT2D eigenvalue weighted by molar-refractivity contribution is 0.820. The van der Waals surface area contributed by atoms with Crippen molar-refractivity contribution >= 4 is 32.6 Å². The Balaban J connectivity index is 1.42. The Hall–Kier alpha value is -3.06. The summed E-state index contributed by atoms with van der Waals surface area (Å²) in [4.78, 5) is 0. The minimum absolute atomic E-state index is 1.00. The standard InChI is InChI=1S/C27H25N/c1-2-28-26-16-6-5-15-24(26)25-19-20(17-18-27(25)28)9-7-11-22-13-8-12-21-10-3-4-14-23(21)22/h3-6,8,10,12-19H,2,7,9,11H2,1H3. The molecule has 0 unspecified atom stereocenters. The first-order valence-corrected chi connectivity index (χ1v) is 10.3. The van der Waals surface area contributed by atoms with E-state index >= 15 is 0 Å². The first-order valence-electron chi connectivity index (χ1n) is 10.3. The van der Waals surface area contributed by atoms with Crippen LogP contribution < -0.4 is 0 Å². The third-order valence-electron chi connectivity index (χ3n) is 5.94. The van der Waals surface area contributed by atoms with Crippen LogP contribution in [0.2, 0.25) is 0 Å². The lowest BCUT2D eigenvalue weighted by atomic mass is 9.98. The van der Waals surface area contributed by atoms with Crippen molar-refractivity contribution in [2.45, 2.75) is 32.7 Å². The van der Waals surface area contributed by atoms with E-state index in [-0.39, 0.29) is 0 Å². The number of hydrogen-bond donors (Lipinski definition) is 0. The molecule has 0 spiro atoms. The Morgan fingerprint density at radius 2 is 1.39 bits per heavy atom. The monoisotopic (exact) mass is 363 g/mol. The van der Waals surface area contributed by atoms with Crippen molar-refractivity contribution in [2.75, 3.05) is 0 Å². The van der Waals surface area contributed by atoms with Crippen molar-refractivity contribution < 1.29 is 0 Å². The molecule has 0 saturated carbocycles. The van der Waals surface area contributed by atoms with Crippen LogP contribution in [0.5, 0.6) is 0 Å². The fourth-order valence-corrected chi connectivity index (χ4v) is 4.59. The zero-order valence-corrected chi connectivity index (χ0v) is 16.4. The molecule has 0 atom stereocenters. The minimum atomic E-state index is 1.00. The number of fused-ring (bicyclic) bond motifs is 4. The minimum Gasteiger partial charge on any atom is -0.341 e. The van der Waals surface area contributed by atoms with E-state index < -0.39 is 0 Å². The van der Waals surface area contributed by atoms with E-state index in [1.54, 1.807) is 0 Å². The molecule has 138 valence electrons. The molecule has 1 aromatic heterocycles. The van der Waals surface area contributed by atoms with Gasteiger partial charge in [-0.1, -0.05) is 66.7 Å². The molecular weight excluding hydrogens is 338 g/mol. The molecule has 0 amide bonds. The van der Waals surface area contributed by atoms with Gasteiger partial charge in [-0.25, -0.2) is 0 Å². The molecule has 1 heteroatoms. The summed E-state index contributed by atoms with van der Waals surface area (Å²) in [6.07, 6.45) is 3.41. The molecule has 0 radical (unpaired) electrons. The average Bonchev–Trinajstić information content (AvgIpc) is 3.07. The summed E-state index contributed by atoms with van der Waals surface area (Å²) in [5.74, 6) is 0. The van der Waals surface area contributed by atoms with Gasteiger partial charge in [0.15, 0.2) is 0 Å². The molecule has 1 nitrogen and oxygen atoms in total. The zero-order chi connectivity index (χ0) is 18.9. The Bertz CT molecular complexity index is 1270. The molecule has 0 aliphatic carbocycles. The highest BCUT2D eigenvalue weighted by Crippen LogP contribution is 2.30. The number of hydrogen-bond acceptors (Lipinski definition) is 0. The van der Waals surface area contributed by atoms with E-state index in [2.05, 4.69) is 96.4 Å². The normalized spacial score (nSPS) is 11.6. The predicted molar refractivity (Wildman–Crippen MR) is 121 cm³/mol. The van der Waals surface area contributed by atoms with E-state index in [1.165, 1.54) is 50.1 Å². The fraction of sp³-hybridized carbons (Fsp3) is 0.185. The number of aryl methyl sites for hydroxylation is 3. The zero-order valence-electron chi connectivity index (χ0n) is 16.4. The maximum Gasteiger partial charge on any atom is 0.0491 e. The number of nitrogens with zero attached hydrogens (tertiary/aromatic N) is 1. The molecule has 5 aromatic rings. The topological polar surface area (TPSA) is 4.93 Å². The quantitative estimate of drug-likeness (QED) is 0.313. The average molecular weight is 364 g/mol. The molecule has 1 heterocycles. The fourth-order valence-electron chi connectivity index (χ4n) is 4.59. The van der Waals surface area contributed by atoms with Crippen LogP contribution in [0.1, 0.15) is 24.5 Å². The van der Waals surface area contributed by atoms with Gasteiger partial charge < -0.3 is 4.57 Å². The molecular formula is C27H25N. The molecule has 28 heavy (non-hydrogen) atoms. The van der Waals surface area contributed by atoms with Crippen LogP contribution >= 0.6 is 0 Å². The van der Waals surface area contributed by atoms with Gasteiger partial charge in [-0.05, 0) is 66.3 Å². The second-order valence-corrected chi connectivity index (χ2v) is 7.60. The number of rotatable bonds is 5. The molecule has 5 rings (SSSR count). The number of para-hydroxylation sites is 1. The van der Waals surface area contributed by atoms with Gasteiger partial charge >= 0.3 is 0 Å². The summed E-state index contributed by atoms with van der Waals surface area (Å²) in [7, 11) is 0. The van der Waals surface area contributed by atoms with Gasteiger partial charge in [-0.15, -0.1) is 0 Å². The Morgan fingerprint density at radius 1 is 0.643 bits per heavy atom. The Labute approximate surface area is 166 Å². The van der Waals surface area contributed by atoms with E-state index in [1.807, 2.05) is 0 Å². The smallest absolute Gasteiger partial charge is 0.0491 e. The van der Waals surface area contributed by atoms with E-state index in [9.17, 15) is 0 Å². The molecule has 0 aliphatic rings. The van der Waals surface area contributed by atoms with Crippen molar-refractivity contribution in [2.24, 2.45) is 0 Å². The van der Waals surface area contributed by atoms with Gasteiger partial charge in [0, 0.05) is 28.4 Å². The van der Waals surface area contributed by atoms with Crippen LogP contribution in [-0.2, 0) is 19.4 Å². The van der Waals surface area contributed by atoms with Crippen molar-refractivity contribution in [3.63, 3.8) is 0 Å². The van der Waals surface area contributed by atoms with Crippen LogP contribution in [-0.4, -0.2) is 4.57 Å². The number of aromatic nitrogens is 1. The lowest BCUT2D eigenvalue weighted by Crippen LogP contribution is -1.94. The summed E-state index contributed by atoms with van der Waals surface area (Å²) in [6.45, 7) is 3.23. The van der Waals surface area contributed by atoms with E-state index in [4.69, 9.17) is 0 Å². The second kappa shape index (κ2) is 7.16. The molecule has 0 bridgehead atoms. The summed E-state index contributed by atoms with van der Waals surface area (Å²) in [6, 6.07) is 31.2. The maximum atomic E-state index is 2.42.